The highest BCUT2D eigenvalue weighted by molar-refractivity contribution is 5.66. The van der Waals surface area contributed by atoms with Crippen molar-refractivity contribution in [3.05, 3.63) is 29.5 Å². The molecule has 0 fully saturated rings. The summed E-state index contributed by atoms with van der Waals surface area (Å²) in [6, 6.07) is 0. The molecule has 0 radical (unpaired) electrons. The highest BCUT2D eigenvalue weighted by Crippen LogP contribution is 1.91. The van der Waals surface area contributed by atoms with Crippen LogP contribution < -0.4 is 5.43 Å². The summed E-state index contributed by atoms with van der Waals surface area (Å²) in [5.74, 6) is 0. The van der Waals surface area contributed by atoms with Gasteiger partial charge in [0, 0.05) is 12.4 Å². The summed E-state index contributed by atoms with van der Waals surface area (Å²) < 4.78 is 0. The molecule has 7 nitrogen and oxygen atoms in total. The van der Waals surface area contributed by atoms with Crippen molar-refractivity contribution < 1.29 is 15.1 Å². The van der Waals surface area contributed by atoms with Crippen LogP contribution >= 0.6 is 0 Å². The first-order valence-corrected chi connectivity index (χ1v) is 2.80. The average molecular weight is 173 g/mol. The van der Waals surface area contributed by atoms with Gasteiger partial charge in [-0.05, 0) is 12.2 Å². The summed E-state index contributed by atoms with van der Waals surface area (Å²) in [4.78, 5) is 18.2. The quantitative estimate of drug-likeness (QED) is 0.368. The van der Waals surface area contributed by atoms with Crippen molar-refractivity contribution in [3.63, 3.8) is 0 Å². The van der Waals surface area contributed by atoms with Crippen molar-refractivity contribution in [1.82, 2.24) is 10.4 Å². The van der Waals surface area contributed by atoms with Crippen molar-refractivity contribution in [2.24, 2.45) is 5.34 Å². The first-order chi connectivity index (χ1) is 5.72. The Labute approximate surface area is 67.5 Å². The van der Waals surface area contributed by atoms with Crippen LogP contribution in [0.15, 0.2) is 29.9 Å². The fourth-order valence-corrected chi connectivity index (χ4v) is 0.477. The second-order valence-electron chi connectivity index (χ2n) is 1.56. The fourth-order valence-electron chi connectivity index (χ4n) is 0.477. The monoisotopic (exact) mass is 173 g/mol. The number of carboxylic acid groups (broad SMARTS) is 1. The molecule has 1 heterocycles. The number of nitrogens with one attached hydrogen (secondary N) is 1. The third-order valence-electron chi connectivity index (χ3n) is 0.862. The average Bonchev–Trinajstić information content (AvgIpc) is 2.07. The Morgan fingerprint density at radius 2 is 2.08 bits per heavy atom. The number of amides is 1. The molecule has 0 aromatic heterocycles. The molecule has 0 bridgehead atoms. The number of nitrogens with zero attached hydrogens (tertiary/aromatic N) is 2. The SMILES string of the molecule is O=C(O)N1C=CC=CN1.O=NO. The van der Waals surface area contributed by atoms with E-state index in [0.29, 0.717) is 0 Å². The zero-order valence-corrected chi connectivity index (χ0v) is 5.91. The van der Waals surface area contributed by atoms with E-state index in [1.165, 1.54) is 17.7 Å². The van der Waals surface area contributed by atoms with Crippen molar-refractivity contribution in [1.29, 1.82) is 0 Å². The molecular weight excluding hydrogens is 166 g/mol. The van der Waals surface area contributed by atoms with Crippen molar-refractivity contribution in [2.75, 3.05) is 0 Å². The summed E-state index contributed by atoms with van der Waals surface area (Å²) in [5.41, 5.74) is 2.48. The second-order valence-corrected chi connectivity index (χ2v) is 1.56. The van der Waals surface area contributed by atoms with Crippen LogP contribution in [0.2, 0.25) is 0 Å². The van der Waals surface area contributed by atoms with Gasteiger partial charge in [-0.3, -0.25) is 5.43 Å². The molecule has 0 aliphatic carbocycles. The first kappa shape index (κ1) is 9.95. The molecule has 0 spiro atoms. The lowest BCUT2D eigenvalue weighted by molar-refractivity contribution is 0.152. The van der Waals surface area contributed by atoms with Gasteiger partial charge >= 0.3 is 6.09 Å². The molecule has 0 saturated carbocycles. The summed E-state index contributed by atoms with van der Waals surface area (Å²) in [7, 11) is 0. The topological polar surface area (TPSA) is 102 Å². The third-order valence-corrected chi connectivity index (χ3v) is 0.862. The summed E-state index contributed by atoms with van der Waals surface area (Å²) >= 11 is 0. The van der Waals surface area contributed by atoms with Gasteiger partial charge in [0.1, 0.15) is 0 Å². The number of rotatable bonds is 0. The van der Waals surface area contributed by atoms with Crippen LogP contribution in [0.5, 0.6) is 0 Å². The van der Waals surface area contributed by atoms with Gasteiger partial charge in [-0.15, -0.1) is 4.91 Å². The lowest BCUT2D eigenvalue weighted by Crippen LogP contribution is -2.34. The van der Waals surface area contributed by atoms with Crippen LogP contribution in [0, 0.1) is 4.91 Å². The minimum atomic E-state index is -1.02. The molecule has 66 valence electrons. The molecule has 0 saturated heterocycles. The second kappa shape index (κ2) is 5.71. The van der Waals surface area contributed by atoms with E-state index in [0.717, 1.165) is 5.01 Å². The number of allylic oxidation sites excluding steroid dienone is 2. The van der Waals surface area contributed by atoms with Gasteiger partial charge < -0.3 is 10.3 Å². The molecule has 0 aromatic rings. The molecule has 3 N–H and O–H groups in total. The van der Waals surface area contributed by atoms with Gasteiger partial charge in [-0.2, -0.15) is 5.01 Å². The van der Waals surface area contributed by atoms with E-state index >= 15 is 0 Å². The summed E-state index contributed by atoms with van der Waals surface area (Å²) in [5, 5.41) is 17.2. The standard InChI is InChI=1S/C5H6N2O2.HNO2/c8-5(9)7-4-2-1-3-6-7;2-1-3/h1-4,6H,(H,8,9);(H,2,3). The Kier molecular flexibility index (Phi) is 4.74. The molecule has 7 heteroatoms. The Morgan fingerprint density at radius 3 is 2.33 bits per heavy atom. The Morgan fingerprint density at radius 1 is 1.50 bits per heavy atom. The number of hydrogen-bond acceptors (Lipinski definition) is 4. The van der Waals surface area contributed by atoms with Gasteiger partial charge in [0.05, 0.1) is 0 Å². The number of hydrazine groups is 1. The van der Waals surface area contributed by atoms with Crippen LogP contribution in [-0.4, -0.2) is 21.4 Å². The predicted octanol–water partition coefficient (Wildman–Crippen LogP) is 0.654. The lowest BCUT2D eigenvalue weighted by atomic mass is 10.5. The van der Waals surface area contributed by atoms with E-state index in [1.54, 1.807) is 12.2 Å². The summed E-state index contributed by atoms with van der Waals surface area (Å²) in [6.45, 7) is 0. The Hall–Kier alpha value is -2.05. The molecule has 1 aliphatic heterocycles. The van der Waals surface area contributed by atoms with Crippen LogP contribution in [0.25, 0.3) is 0 Å². The molecule has 12 heavy (non-hydrogen) atoms. The lowest BCUT2D eigenvalue weighted by Gasteiger charge is -2.14. The molecular formula is C5H7N3O4. The van der Waals surface area contributed by atoms with E-state index < -0.39 is 6.09 Å². The highest BCUT2D eigenvalue weighted by atomic mass is 16.6. The van der Waals surface area contributed by atoms with Crippen LogP contribution in [-0.2, 0) is 0 Å². The van der Waals surface area contributed by atoms with Gasteiger partial charge in [-0.25, -0.2) is 4.79 Å². The fraction of sp³-hybridized carbons (Fsp3) is 0. The zero-order valence-electron chi connectivity index (χ0n) is 5.91. The molecule has 1 rings (SSSR count). The maximum Gasteiger partial charge on any atom is 0.430 e. The maximum atomic E-state index is 10.1. The number of hydrogen-bond donors (Lipinski definition) is 3. The van der Waals surface area contributed by atoms with Crippen molar-refractivity contribution in [3.8, 4) is 0 Å². The third kappa shape index (κ3) is 3.88. The number of carbonyl (C=O) groups is 1. The molecule has 0 atom stereocenters. The molecule has 0 unspecified atom stereocenters. The van der Waals surface area contributed by atoms with Crippen LogP contribution in [0.3, 0.4) is 0 Å². The van der Waals surface area contributed by atoms with Gasteiger partial charge in [0.25, 0.3) is 0 Å². The largest absolute Gasteiger partial charge is 0.463 e. The van der Waals surface area contributed by atoms with E-state index in [1.807, 2.05) is 0 Å². The van der Waals surface area contributed by atoms with E-state index in [4.69, 9.17) is 15.2 Å². The predicted molar refractivity (Wildman–Crippen MR) is 38.9 cm³/mol. The van der Waals surface area contributed by atoms with E-state index in [9.17, 15) is 4.79 Å². The molecule has 0 aromatic carbocycles. The van der Waals surface area contributed by atoms with Gasteiger partial charge in [0.2, 0.25) is 0 Å². The zero-order chi connectivity index (χ0) is 9.40. The van der Waals surface area contributed by atoms with Gasteiger partial charge in [-0.1, -0.05) is 0 Å². The van der Waals surface area contributed by atoms with Crippen LogP contribution in [0.1, 0.15) is 0 Å². The minimum absolute atomic E-state index is 0.958. The highest BCUT2D eigenvalue weighted by Gasteiger charge is 2.05. The first-order valence-electron chi connectivity index (χ1n) is 2.80. The van der Waals surface area contributed by atoms with Gasteiger partial charge in [0.15, 0.2) is 5.34 Å². The summed E-state index contributed by atoms with van der Waals surface area (Å²) in [6.07, 6.45) is 5.27. The minimum Gasteiger partial charge on any atom is -0.463 e. The molecule has 1 aliphatic rings. The molecule has 1 amide bonds. The Balaban J connectivity index is 0.000000354. The Bertz CT molecular complexity index is 213. The normalized spacial score (nSPS) is 12.5. The van der Waals surface area contributed by atoms with Crippen molar-refractivity contribution in [2.45, 2.75) is 0 Å². The van der Waals surface area contributed by atoms with E-state index in [2.05, 4.69) is 5.43 Å². The van der Waals surface area contributed by atoms with E-state index in [-0.39, 0.29) is 0 Å². The van der Waals surface area contributed by atoms with Crippen molar-refractivity contribution >= 4 is 6.09 Å². The van der Waals surface area contributed by atoms with Crippen LogP contribution in [0.4, 0.5) is 4.79 Å². The maximum absolute atomic E-state index is 10.1. The smallest absolute Gasteiger partial charge is 0.430 e.